The quantitative estimate of drug-likeness (QED) is 0.312. The highest BCUT2D eigenvalue weighted by Gasteiger charge is 2.12. The van der Waals surface area contributed by atoms with E-state index in [9.17, 15) is 4.79 Å². The third-order valence-corrected chi connectivity index (χ3v) is 3.17. The number of furan rings is 1. The van der Waals surface area contributed by atoms with Gasteiger partial charge in [-0.15, -0.1) is 0 Å². The average Bonchev–Trinajstić information content (AvgIpc) is 3.12. The van der Waals surface area contributed by atoms with E-state index in [4.69, 9.17) is 19.4 Å². The van der Waals surface area contributed by atoms with Gasteiger partial charge in [-0.05, 0) is 35.4 Å². The minimum atomic E-state index is -0.541. The molecule has 0 aliphatic carbocycles. The Balaban J connectivity index is 2.04. The molecule has 0 saturated heterocycles. The van der Waals surface area contributed by atoms with E-state index in [0.717, 1.165) is 5.56 Å². The summed E-state index contributed by atoms with van der Waals surface area (Å²) >= 11 is 0. The number of ether oxygens (including phenoxy) is 3. The van der Waals surface area contributed by atoms with Gasteiger partial charge in [0.1, 0.15) is 12.4 Å². The van der Waals surface area contributed by atoms with Crippen molar-refractivity contribution in [1.82, 2.24) is 0 Å². The predicted octanol–water partition coefficient (Wildman–Crippen LogP) is 3.98. The zero-order valence-corrected chi connectivity index (χ0v) is 13.8. The van der Waals surface area contributed by atoms with Crippen molar-refractivity contribution in [1.29, 1.82) is 0 Å². The van der Waals surface area contributed by atoms with Gasteiger partial charge in [-0.2, -0.15) is 0 Å². The molecule has 8 heteroatoms. The topological polar surface area (TPSA) is 107 Å². The van der Waals surface area contributed by atoms with Gasteiger partial charge in [-0.25, -0.2) is 4.79 Å². The molecule has 25 heavy (non-hydrogen) atoms. The van der Waals surface area contributed by atoms with Crippen molar-refractivity contribution in [3.63, 3.8) is 0 Å². The van der Waals surface area contributed by atoms with Crippen molar-refractivity contribution >= 4 is 12.0 Å². The first-order valence-corrected chi connectivity index (χ1v) is 7.33. The standard InChI is InChI=1S/C17H17N3O5/c1-22-16-10-12(4-3-9-19-20-18)5-7-14(16)24-11-13-6-8-15(25-13)17(21)23-2/h3-8,10H,9,11H2,1-2H3. The maximum absolute atomic E-state index is 11.4. The van der Waals surface area contributed by atoms with Crippen molar-refractivity contribution in [2.75, 3.05) is 20.8 Å². The molecule has 0 amide bonds. The second-order valence-electron chi connectivity index (χ2n) is 4.77. The van der Waals surface area contributed by atoms with E-state index in [2.05, 4.69) is 14.8 Å². The second-order valence-corrected chi connectivity index (χ2v) is 4.77. The molecule has 0 N–H and O–H groups in total. The normalized spacial score (nSPS) is 10.3. The third-order valence-electron chi connectivity index (χ3n) is 3.17. The number of carbonyl (C=O) groups excluding carboxylic acids is 1. The fraction of sp³-hybridized carbons (Fsp3) is 0.235. The van der Waals surface area contributed by atoms with Gasteiger partial charge in [0.2, 0.25) is 5.76 Å². The highest BCUT2D eigenvalue weighted by Crippen LogP contribution is 2.29. The first-order valence-electron chi connectivity index (χ1n) is 7.33. The Morgan fingerprint density at radius 3 is 2.84 bits per heavy atom. The highest BCUT2D eigenvalue weighted by atomic mass is 16.5. The van der Waals surface area contributed by atoms with Crippen molar-refractivity contribution in [2.45, 2.75) is 6.61 Å². The van der Waals surface area contributed by atoms with Crippen LogP contribution in [-0.4, -0.2) is 26.7 Å². The molecule has 0 aliphatic rings. The van der Waals surface area contributed by atoms with Gasteiger partial charge in [0.25, 0.3) is 0 Å². The molecule has 0 unspecified atom stereocenters. The van der Waals surface area contributed by atoms with E-state index in [1.807, 2.05) is 12.1 Å². The maximum Gasteiger partial charge on any atom is 0.373 e. The van der Waals surface area contributed by atoms with Crippen LogP contribution >= 0.6 is 0 Å². The van der Waals surface area contributed by atoms with Crippen LogP contribution in [0.15, 0.2) is 45.9 Å². The monoisotopic (exact) mass is 343 g/mol. The summed E-state index contributed by atoms with van der Waals surface area (Å²) in [6.07, 6.45) is 3.56. The maximum atomic E-state index is 11.4. The summed E-state index contributed by atoms with van der Waals surface area (Å²) in [7, 11) is 2.83. The van der Waals surface area contributed by atoms with E-state index >= 15 is 0 Å². The lowest BCUT2D eigenvalue weighted by Gasteiger charge is -2.10. The number of azide groups is 1. The highest BCUT2D eigenvalue weighted by molar-refractivity contribution is 5.86. The molecule has 0 saturated carbocycles. The lowest BCUT2D eigenvalue weighted by atomic mass is 10.2. The largest absolute Gasteiger partial charge is 0.493 e. The molecule has 2 rings (SSSR count). The number of benzene rings is 1. The zero-order valence-electron chi connectivity index (χ0n) is 13.8. The molecule has 0 bridgehead atoms. The number of methoxy groups -OCH3 is 2. The molecule has 1 aromatic carbocycles. The summed E-state index contributed by atoms with van der Waals surface area (Å²) in [5, 5.41) is 3.42. The van der Waals surface area contributed by atoms with Crippen LogP contribution in [0.5, 0.6) is 11.5 Å². The first kappa shape index (κ1) is 18.0. The Labute approximate surface area is 144 Å². The number of nitrogens with zero attached hydrogens (tertiary/aromatic N) is 3. The van der Waals surface area contributed by atoms with Crippen molar-refractivity contribution in [2.24, 2.45) is 5.11 Å². The van der Waals surface area contributed by atoms with E-state index in [0.29, 0.717) is 17.3 Å². The summed E-state index contributed by atoms with van der Waals surface area (Å²) in [5.74, 6) is 1.14. The number of hydrogen-bond donors (Lipinski definition) is 0. The molecular formula is C17H17N3O5. The fourth-order valence-electron chi connectivity index (χ4n) is 1.99. The Hall–Kier alpha value is -3.38. The molecular weight excluding hydrogens is 326 g/mol. The Kier molecular flexibility index (Phi) is 6.50. The van der Waals surface area contributed by atoms with Crippen molar-refractivity contribution < 1.29 is 23.4 Å². The van der Waals surface area contributed by atoms with Crippen LogP contribution in [0.2, 0.25) is 0 Å². The Morgan fingerprint density at radius 1 is 1.28 bits per heavy atom. The minimum Gasteiger partial charge on any atom is -0.493 e. The molecule has 130 valence electrons. The smallest absolute Gasteiger partial charge is 0.373 e. The van der Waals surface area contributed by atoms with Crippen LogP contribution in [0.4, 0.5) is 0 Å². The predicted molar refractivity (Wildman–Crippen MR) is 90.4 cm³/mol. The lowest BCUT2D eigenvalue weighted by molar-refractivity contribution is 0.0561. The first-order chi connectivity index (χ1) is 12.2. The van der Waals surface area contributed by atoms with Gasteiger partial charge in [-0.3, -0.25) is 0 Å². The average molecular weight is 343 g/mol. The number of esters is 1. The van der Waals surface area contributed by atoms with Crippen LogP contribution in [0, 0.1) is 0 Å². The summed E-state index contributed by atoms with van der Waals surface area (Å²) in [5.41, 5.74) is 9.11. The van der Waals surface area contributed by atoms with Crippen molar-refractivity contribution in [3.8, 4) is 11.5 Å². The van der Waals surface area contributed by atoms with Crippen LogP contribution in [0.3, 0.4) is 0 Å². The summed E-state index contributed by atoms with van der Waals surface area (Å²) in [6, 6.07) is 8.57. The third kappa shape index (κ3) is 5.05. The van der Waals surface area contributed by atoms with Gasteiger partial charge < -0.3 is 18.6 Å². The molecule has 0 atom stereocenters. The molecule has 1 aromatic heterocycles. The van der Waals surface area contributed by atoms with Crippen LogP contribution < -0.4 is 9.47 Å². The lowest BCUT2D eigenvalue weighted by Crippen LogP contribution is -1.99. The Morgan fingerprint density at radius 2 is 2.12 bits per heavy atom. The van der Waals surface area contributed by atoms with Crippen molar-refractivity contribution in [3.05, 3.63) is 63.9 Å². The number of rotatable bonds is 8. The molecule has 2 aromatic rings. The molecule has 0 aliphatic heterocycles. The SMILES string of the molecule is COC(=O)c1ccc(COc2ccc(C=CCN=[N+]=[N-])cc2OC)o1. The fourth-order valence-corrected chi connectivity index (χ4v) is 1.99. The molecule has 1 heterocycles. The van der Waals surface area contributed by atoms with Crippen LogP contribution in [-0.2, 0) is 11.3 Å². The summed E-state index contributed by atoms with van der Waals surface area (Å²) in [6.45, 7) is 0.414. The number of hydrogen-bond acceptors (Lipinski definition) is 6. The molecule has 8 nitrogen and oxygen atoms in total. The van der Waals surface area contributed by atoms with Gasteiger partial charge in [0.05, 0.1) is 14.2 Å². The van der Waals surface area contributed by atoms with Crippen LogP contribution in [0.1, 0.15) is 21.9 Å². The zero-order chi connectivity index (χ0) is 18.1. The van der Waals surface area contributed by atoms with Crippen LogP contribution in [0.25, 0.3) is 16.5 Å². The minimum absolute atomic E-state index is 0.119. The number of carbonyl (C=O) groups is 1. The van der Waals surface area contributed by atoms with E-state index in [-0.39, 0.29) is 18.9 Å². The summed E-state index contributed by atoms with van der Waals surface area (Å²) in [4.78, 5) is 14.0. The second kappa shape index (κ2) is 9.05. The Bertz CT molecular complexity index is 806. The van der Waals surface area contributed by atoms with Gasteiger partial charge in [-0.1, -0.05) is 23.3 Å². The van der Waals surface area contributed by atoms with E-state index < -0.39 is 5.97 Å². The van der Waals surface area contributed by atoms with Gasteiger partial charge >= 0.3 is 5.97 Å². The van der Waals surface area contributed by atoms with Gasteiger partial charge in [0.15, 0.2) is 11.5 Å². The van der Waals surface area contributed by atoms with E-state index in [1.54, 1.807) is 24.3 Å². The molecule has 0 fully saturated rings. The summed E-state index contributed by atoms with van der Waals surface area (Å²) < 4.78 is 20.9. The van der Waals surface area contributed by atoms with E-state index in [1.165, 1.54) is 20.3 Å². The van der Waals surface area contributed by atoms with Gasteiger partial charge in [0, 0.05) is 11.5 Å². The molecule has 0 radical (unpaired) electrons. The molecule has 0 spiro atoms.